The Kier molecular flexibility index (Phi) is 4.19. The van der Waals surface area contributed by atoms with E-state index in [0.717, 1.165) is 36.6 Å². The lowest BCUT2D eigenvalue weighted by Gasteiger charge is -2.32. The van der Waals surface area contributed by atoms with E-state index in [1.54, 1.807) is 13.1 Å². The Hall–Kier alpha value is -2.54. The van der Waals surface area contributed by atoms with Gasteiger partial charge in [0.15, 0.2) is 5.88 Å². The number of piperazine rings is 1. The highest BCUT2D eigenvalue weighted by Crippen LogP contribution is 2.20. The van der Waals surface area contributed by atoms with Crippen LogP contribution in [0.15, 0.2) is 26.1 Å². The maximum absolute atomic E-state index is 12.3. The molecule has 1 saturated heterocycles. The predicted molar refractivity (Wildman–Crippen MR) is 93.7 cm³/mol. The van der Waals surface area contributed by atoms with Crippen LogP contribution in [0, 0.1) is 0 Å². The van der Waals surface area contributed by atoms with Crippen LogP contribution in [0.4, 0.5) is 5.88 Å². The van der Waals surface area contributed by atoms with Crippen molar-refractivity contribution in [2.45, 2.75) is 0 Å². The average molecular weight is 330 g/mol. The summed E-state index contributed by atoms with van der Waals surface area (Å²) < 4.78 is 8.30. The second kappa shape index (κ2) is 6.16. The van der Waals surface area contributed by atoms with E-state index in [1.165, 1.54) is 11.6 Å². The summed E-state index contributed by atoms with van der Waals surface area (Å²) in [6.07, 6.45) is 1.64. The summed E-state index contributed by atoms with van der Waals surface area (Å²) in [4.78, 5) is 28.7. The summed E-state index contributed by atoms with van der Waals surface area (Å²) in [5, 5.41) is 0.736. The average Bonchev–Trinajstić information content (AvgIpc) is 3.04. The first-order valence-corrected chi connectivity index (χ1v) is 7.88. The monoisotopic (exact) mass is 330 g/mol. The van der Waals surface area contributed by atoms with Gasteiger partial charge in [-0.3, -0.25) is 13.9 Å². The first-order valence-electron chi connectivity index (χ1n) is 7.88. The van der Waals surface area contributed by atoms with Gasteiger partial charge in [0.25, 0.3) is 5.56 Å². The van der Waals surface area contributed by atoms with Crippen molar-refractivity contribution in [1.29, 1.82) is 0 Å². The SMILES string of the molecule is C=c1c(=Cc2ccc(N3CCN(C)CC3)o2)c(=O)n(C)c(=O)n1C. The van der Waals surface area contributed by atoms with Crippen LogP contribution in [0.1, 0.15) is 5.76 Å². The van der Waals surface area contributed by atoms with Crippen LogP contribution >= 0.6 is 0 Å². The van der Waals surface area contributed by atoms with Gasteiger partial charge in [0.1, 0.15) is 5.76 Å². The van der Waals surface area contributed by atoms with Crippen molar-refractivity contribution >= 4 is 18.5 Å². The molecule has 0 unspecified atom stereocenters. The van der Waals surface area contributed by atoms with Crippen LogP contribution < -0.4 is 26.7 Å². The molecule has 3 heterocycles. The van der Waals surface area contributed by atoms with Gasteiger partial charge in [-0.05, 0) is 19.2 Å². The summed E-state index contributed by atoms with van der Waals surface area (Å²) in [6, 6.07) is 3.74. The van der Waals surface area contributed by atoms with E-state index in [2.05, 4.69) is 23.4 Å². The van der Waals surface area contributed by atoms with Crippen molar-refractivity contribution in [3.8, 4) is 0 Å². The van der Waals surface area contributed by atoms with E-state index in [4.69, 9.17) is 4.42 Å². The van der Waals surface area contributed by atoms with E-state index < -0.39 is 0 Å². The zero-order valence-corrected chi connectivity index (χ0v) is 14.3. The van der Waals surface area contributed by atoms with Gasteiger partial charge in [-0.1, -0.05) is 6.58 Å². The molecule has 0 radical (unpaired) electrons. The smallest absolute Gasteiger partial charge is 0.330 e. The second-order valence-corrected chi connectivity index (χ2v) is 6.18. The van der Waals surface area contributed by atoms with Crippen molar-refractivity contribution in [2.24, 2.45) is 14.1 Å². The number of hydrogen-bond acceptors (Lipinski definition) is 5. The van der Waals surface area contributed by atoms with Gasteiger partial charge >= 0.3 is 5.69 Å². The molecule has 7 nitrogen and oxygen atoms in total. The molecule has 0 aromatic carbocycles. The zero-order valence-electron chi connectivity index (χ0n) is 14.3. The Morgan fingerprint density at radius 1 is 1.04 bits per heavy atom. The van der Waals surface area contributed by atoms with Crippen molar-refractivity contribution < 1.29 is 4.42 Å². The minimum absolute atomic E-state index is 0.360. The minimum atomic E-state index is -0.389. The molecule has 0 N–H and O–H groups in total. The van der Waals surface area contributed by atoms with Gasteiger partial charge < -0.3 is 14.2 Å². The Morgan fingerprint density at radius 3 is 2.38 bits per heavy atom. The molecule has 3 rings (SSSR count). The molecule has 0 spiro atoms. The normalized spacial score (nSPS) is 16.8. The molecule has 1 fully saturated rings. The number of rotatable bonds is 2. The largest absolute Gasteiger partial charge is 0.441 e. The molecule has 0 amide bonds. The molecule has 0 atom stereocenters. The van der Waals surface area contributed by atoms with Gasteiger partial charge in [0.2, 0.25) is 0 Å². The van der Waals surface area contributed by atoms with Gasteiger partial charge in [0, 0.05) is 46.3 Å². The lowest BCUT2D eigenvalue weighted by molar-refractivity contribution is 0.306. The first-order chi connectivity index (χ1) is 11.4. The Bertz CT molecular complexity index is 931. The fraction of sp³-hybridized carbons (Fsp3) is 0.412. The maximum atomic E-state index is 12.3. The predicted octanol–water partition coefficient (Wildman–Crippen LogP) is -1.33. The molecule has 0 bridgehead atoms. The molecule has 24 heavy (non-hydrogen) atoms. The fourth-order valence-electron chi connectivity index (χ4n) is 2.82. The van der Waals surface area contributed by atoms with Gasteiger partial charge in [-0.25, -0.2) is 4.79 Å². The molecule has 7 heteroatoms. The summed E-state index contributed by atoms with van der Waals surface area (Å²) in [7, 11) is 5.16. The van der Waals surface area contributed by atoms with E-state index in [1.807, 2.05) is 12.1 Å². The lowest BCUT2D eigenvalue weighted by Crippen LogP contribution is -2.56. The lowest BCUT2D eigenvalue weighted by atomic mass is 10.3. The van der Waals surface area contributed by atoms with E-state index in [-0.39, 0.29) is 11.2 Å². The molecule has 2 aromatic rings. The van der Waals surface area contributed by atoms with Crippen molar-refractivity contribution in [3.05, 3.63) is 49.3 Å². The third-order valence-corrected chi connectivity index (χ3v) is 4.54. The van der Waals surface area contributed by atoms with Crippen molar-refractivity contribution in [1.82, 2.24) is 14.0 Å². The minimum Gasteiger partial charge on any atom is -0.441 e. The van der Waals surface area contributed by atoms with Crippen LogP contribution in [-0.2, 0) is 14.1 Å². The molecule has 0 saturated carbocycles. The third-order valence-electron chi connectivity index (χ3n) is 4.54. The van der Waals surface area contributed by atoms with E-state index in [9.17, 15) is 9.59 Å². The number of anilines is 1. The van der Waals surface area contributed by atoms with Crippen molar-refractivity contribution in [3.63, 3.8) is 0 Å². The summed E-state index contributed by atoms with van der Waals surface area (Å²) >= 11 is 0. The fourth-order valence-corrected chi connectivity index (χ4v) is 2.82. The summed E-state index contributed by atoms with van der Waals surface area (Å²) in [5.41, 5.74) is -0.764. The van der Waals surface area contributed by atoms with Crippen LogP contribution in [0.25, 0.3) is 12.7 Å². The molecule has 2 aromatic heterocycles. The Labute approximate surface area is 139 Å². The maximum Gasteiger partial charge on any atom is 0.330 e. The van der Waals surface area contributed by atoms with Crippen LogP contribution in [-0.4, -0.2) is 47.3 Å². The Morgan fingerprint density at radius 2 is 1.71 bits per heavy atom. The van der Waals surface area contributed by atoms with Crippen molar-refractivity contribution in [2.75, 3.05) is 38.1 Å². The summed E-state index contributed by atoms with van der Waals surface area (Å²) in [6.45, 7) is 7.64. The molecular formula is C17H22N4O3. The number of aromatic nitrogens is 2. The zero-order chi connectivity index (χ0) is 17.4. The molecule has 1 aliphatic heterocycles. The highest BCUT2D eigenvalue weighted by molar-refractivity contribution is 5.48. The molecule has 0 aliphatic carbocycles. The molecule has 128 valence electrons. The second-order valence-electron chi connectivity index (χ2n) is 6.18. The summed E-state index contributed by atoms with van der Waals surface area (Å²) in [5.74, 6) is 1.37. The number of furan rings is 1. The van der Waals surface area contributed by atoms with Crippen LogP contribution in [0.5, 0.6) is 0 Å². The number of likely N-dealkylation sites (N-methyl/N-ethyl adjacent to an activating group) is 1. The topological polar surface area (TPSA) is 63.6 Å². The van der Waals surface area contributed by atoms with Gasteiger partial charge in [-0.15, -0.1) is 0 Å². The Balaban J connectivity index is 2.01. The quantitative estimate of drug-likeness (QED) is 0.683. The van der Waals surface area contributed by atoms with Gasteiger partial charge in [-0.2, -0.15) is 0 Å². The highest BCUT2D eigenvalue weighted by Gasteiger charge is 2.16. The molecule has 1 aliphatic rings. The highest BCUT2D eigenvalue weighted by atomic mass is 16.4. The molecular weight excluding hydrogens is 308 g/mol. The van der Waals surface area contributed by atoms with Crippen LogP contribution in [0.2, 0.25) is 0 Å². The third kappa shape index (κ3) is 2.82. The number of hydrogen-bond donors (Lipinski definition) is 0. The first kappa shape index (κ1) is 16.3. The van der Waals surface area contributed by atoms with Crippen LogP contribution in [0.3, 0.4) is 0 Å². The standard InChI is InChI=1S/C17H22N4O3/c1-12-14(16(22)20(4)17(23)19(12)3)11-13-5-6-15(24-13)21-9-7-18(2)8-10-21/h5-6,11H,1,7-10H2,2-4H3. The van der Waals surface area contributed by atoms with Gasteiger partial charge in [0.05, 0.1) is 10.6 Å². The number of nitrogens with zero attached hydrogens (tertiary/aromatic N) is 4. The van der Waals surface area contributed by atoms with E-state index >= 15 is 0 Å². The van der Waals surface area contributed by atoms with E-state index in [0.29, 0.717) is 16.3 Å².